The van der Waals surface area contributed by atoms with E-state index >= 15 is 0 Å². The molecule has 1 unspecified atom stereocenters. The Morgan fingerprint density at radius 1 is 1.08 bits per heavy atom. The number of carbonyl (C=O) groups is 2. The average Bonchev–Trinajstić information content (AvgIpc) is 3.57. The standard InChI is InChI=1S/C28H20N2O5S/c1-15-6-5-8-17(12-15)24-23(25(31)21-13-16-7-3-4-9-20(16)35-21)26(32)27(33)30(24)28-29-19-11-10-18(34-2)14-22(19)36-28/h3-14,24,32H,1-2H3. The smallest absolute Gasteiger partial charge is 0.296 e. The highest BCUT2D eigenvalue weighted by molar-refractivity contribution is 7.22. The van der Waals surface area contributed by atoms with Gasteiger partial charge in [-0.05, 0) is 42.8 Å². The number of para-hydroxylation sites is 1. The number of benzene rings is 3. The lowest BCUT2D eigenvalue weighted by molar-refractivity contribution is -0.117. The molecule has 1 N–H and O–H groups in total. The highest BCUT2D eigenvalue weighted by Crippen LogP contribution is 2.45. The van der Waals surface area contributed by atoms with Crippen LogP contribution >= 0.6 is 11.3 Å². The van der Waals surface area contributed by atoms with E-state index in [2.05, 4.69) is 4.98 Å². The fraction of sp³-hybridized carbons (Fsp3) is 0.107. The minimum Gasteiger partial charge on any atom is -0.503 e. The Balaban J connectivity index is 1.51. The Hall–Kier alpha value is -4.43. The summed E-state index contributed by atoms with van der Waals surface area (Å²) >= 11 is 1.29. The Bertz CT molecular complexity index is 1680. The van der Waals surface area contributed by atoms with Crippen LogP contribution in [0.5, 0.6) is 5.75 Å². The second kappa shape index (κ2) is 8.35. The monoisotopic (exact) mass is 496 g/mol. The first kappa shape index (κ1) is 22.1. The van der Waals surface area contributed by atoms with Gasteiger partial charge in [0.25, 0.3) is 5.91 Å². The van der Waals surface area contributed by atoms with E-state index in [0.29, 0.717) is 27.5 Å². The summed E-state index contributed by atoms with van der Waals surface area (Å²) in [6, 6.07) is 21.0. The zero-order valence-corrected chi connectivity index (χ0v) is 20.2. The normalized spacial score (nSPS) is 15.9. The minimum atomic E-state index is -0.874. The van der Waals surface area contributed by atoms with Crippen molar-refractivity contribution in [1.29, 1.82) is 0 Å². The molecular formula is C28H20N2O5S. The van der Waals surface area contributed by atoms with Crippen LogP contribution in [-0.2, 0) is 4.79 Å². The predicted molar refractivity (Wildman–Crippen MR) is 138 cm³/mol. The zero-order chi connectivity index (χ0) is 25.0. The van der Waals surface area contributed by atoms with E-state index in [-0.39, 0.29) is 11.3 Å². The number of thiazole rings is 1. The maximum absolute atomic E-state index is 13.7. The number of ketones is 1. The lowest BCUT2D eigenvalue weighted by atomic mass is 9.94. The van der Waals surface area contributed by atoms with E-state index < -0.39 is 23.5 Å². The van der Waals surface area contributed by atoms with Gasteiger partial charge in [0.1, 0.15) is 11.3 Å². The summed E-state index contributed by atoms with van der Waals surface area (Å²) < 4.78 is 11.9. The van der Waals surface area contributed by atoms with E-state index in [9.17, 15) is 14.7 Å². The van der Waals surface area contributed by atoms with Gasteiger partial charge in [-0.15, -0.1) is 0 Å². The maximum Gasteiger partial charge on any atom is 0.296 e. The lowest BCUT2D eigenvalue weighted by Gasteiger charge is -2.24. The van der Waals surface area contributed by atoms with Gasteiger partial charge in [-0.1, -0.05) is 59.4 Å². The van der Waals surface area contributed by atoms with Crippen LogP contribution in [0.1, 0.15) is 27.7 Å². The van der Waals surface area contributed by atoms with Gasteiger partial charge in [0.15, 0.2) is 16.7 Å². The van der Waals surface area contributed by atoms with Gasteiger partial charge in [0.2, 0.25) is 5.78 Å². The van der Waals surface area contributed by atoms with E-state index in [1.165, 1.54) is 16.2 Å². The molecule has 6 rings (SSSR count). The number of rotatable bonds is 5. The van der Waals surface area contributed by atoms with Crippen molar-refractivity contribution in [2.75, 3.05) is 12.0 Å². The molecule has 178 valence electrons. The highest BCUT2D eigenvalue weighted by atomic mass is 32.1. The molecule has 7 nitrogen and oxygen atoms in total. The van der Waals surface area contributed by atoms with E-state index in [1.54, 1.807) is 25.3 Å². The van der Waals surface area contributed by atoms with Gasteiger partial charge >= 0.3 is 0 Å². The number of aliphatic hydroxyl groups is 1. The minimum absolute atomic E-state index is 0.0403. The van der Waals surface area contributed by atoms with Crippen LogP contribution in [0.15, 0.2) is 88.5 Å². The molecule has 36 heavy (non-hydrogen) atoms. The largest absolute Gasteiger partial charge is 0.503 e. The number of hydrogen-bond acceptors (Lipinski definition) is 7. The van der Waals surface area contributed by atoms with E-state index in [0.717, 1.165) is 15.6 Å². The molecule has 0 radical (unpaired) electrons. The van der Waals surface area contributed by atoms with Crippen molar-refractivity contribution in [1.82, 2.24) is 4.98 Å². The number of methoxy groups -OCH3 is 1. The summed E-state index contributed by atoms with van der Waals surface area (Å²) in [6.07, 6.45) is 0. The summed E-state index contributed by atoms with van der Waals surface area (Å²) in [5, 5.41) is 12.2. The van der Waals surface area contributed by atoms with E-state index in [4.69, 9.17) is 9.15 Å². The molecule has 1 aliphatic heterocycles. The van der Waals surface area contributed by atoms with Crippen LogP contribution in [0, 0.1) is 6.92 Å². The summed E-state index contributed by atoms with van der Waals surface area (Å²) in [7, 11) is 1.58. The third-order valence-corrected chi connectivity index (χ3v) is 7.27. The third-order valence-electron chi connectivity index (χ3n) is 6.25. The van der Waals surface area contributed by atoms with Crippen LogP contribution < -0.4 is 9.64 Å². The molecule has 8 heteroatoms. The SMILES string of the molecule is COc1ccc2nc(N3C(=O)C(O)=C(C(=O)c4cc5ccccc5o4)C3c3cccc(C)c3)sc2c1. The number of carbonyl (C=O) groups excluding carboxylic acids is 2. The molecule has 0 saturated carbocycles. The van der Waals surface area contributed by atoms with Crippen molar-refractivity contribution >= 4 is 49.3 Å². The Morgan fingerprint density at radius 3 is 2.69 bits per heavy atom. The number of hydrogen-bond donors (Lipinski definition) is 1. The first-order valence-electron chi connectivity index (χ1n) is 11.3. The lowest BCUT2D eigenvalue weighted by Crippen LogP contribution is -2.31. The van der Waals surface area contributed by atoms with Crippen molar-refractivity contribution in [3.05, 3.63) is 101 Å². The maximum atomic E-state index is 13.7. The van der Waals surface area contributed by atoms with Crippen molar-refractivity contribution in [2.24, 2.45) is 0 Å². The molecule has 3 heterocycles. The van der Waals surface area contributed by atoms with Crippen LogP contribution in [0.25, 0.3) is 21.2 Å². The molecule has 0 aliphatic carbocycles. The topological polar surface area (TPSA) is 92.9 Å². The molecule has 1 aliphatic rings. The average molecular weight is 497 g/mol. The summed E-state index contributed by atoms with van der Waals surface area (Å²) in [4.78, 5) is 33.3. The number of aryl methyl sites for hydroxylation is 1. The number of furan rings is 1. The van der Waals surface area contributed by atoms with Crippen LogP contribution in [-0.4, -0.2) is 28.9 Å². The molecule has 1 amide bonds. The molecule has 0 saturated heterocycles. The zero-order valence-electron chi connectivity index (χ0n) is 19.4. The van der Waals surface area contributed by atoms with E-state index in [1.807, 2.05) is 61.5 Å². The fourth-order valence-corrected chi connectivity index (χ4v) is 5.56. The number of nitrogens with zero attached hydrogens (tertiary/aromatic N) is 2. The number of Topliss-reactive ketones (excluding diaryl/α,β-unsaturated/α-hetero) is 1. The first-order valence-corrected chi connectivity index (χ1v) is 12.1. The summed E-state index contributed by atoms with van der Waals surface area (Å²) in [5.41, 5.74) is 2.83. The van der Waals surface area contributed by atoms with Gasteiger partial charge in [-0.2, -0.15) is 0 Å². The van der Waals surface area contributed by atoms with Gasteiger partial charge < -0.3 is 14.3 Å². The number of fused-ring (bicyclic) bond motifs is 2. The molecule has 3 aromatic carbocycles. The van der Waals surface area contributed by atoms with Crippen molar-refractivity contribution in [3.8, 4) is 5.75 Å². The Kier molecular flexibility index (Phi) is 5.12. The first-order chi connectivity index (χ1) is 17.4. The van der Waals surface area contributed by atoms with Crippen LogP contribution in [0.3, 0.4) is 0 Å². The van der Waals surface area contributed by atoms with Gasteiger partial charge in [0.05, 0.1) is 28.9 Å². The summed E-state index contributed by atoms with van der Waals surface area (Å²) in [6.45, 7) is 1.93. The molecule has 0 bridgehead atoms. The van der Waals surface area contributed by atoms with Gasteiger partial charge in [-0.25, -0.2) is 4.98 Å². The number of amides is 1. The van der Waals surface area contributed by atoms with Crippen molar-refractivity contribution in [2.45, 2.75) is 13.0 Å². The Morgan fingerprint density at radius 2 is 1.92 bits per heavy atom. The Labute approximate surface area is 209 Å². The predicted octanol–water partition coefficient (Wildman–Crippen LogP) is 6.14. The van der Waals surface area contributed by atoms with Gasteiger partial charge in [-0.3, -0.25) is 14.5 Å². The second-order valence-electron chi connectivity index (χ2n) is 8.56. The number of aromatic nitrogens is 1. The molecular weight excluding hydrogens is 476 g/mol. The molecule has 1 atom stereocenters. The molecule has 5 aromatic rings. The number of aliphatic hydroxyl groups excluding tert-OH is 1. The van der Waals surface area contributed by atoms with Crippen molar-refractivity contribution in [3.63, 3.8) is 0 Å². The molecule has 0 fully saturated rings. The number of anilines is 1. The quantitative estimate of drug-likeness (QED) is 0.294. The van der Waals surface area contributed by atoms with Crippen LogP contribution in [0.4, 0.5) is 5.13 Å². The van der Waals surface area contributed by atoms with Gasteiger partial charge in [0, 0.05) is 5.39 Å². The molecule has 2 aromatic heterocycles. The fourth-order valence-electron chi connectivity index (χ4n) is 4.54. The highest BCUT2D eigenvalue weighted by Gasteiger charge is 2.46. The molecule has 0 spiro atoms. The second-order valence-corrected chi connectivity index (χ2v) is 9.57. The summed E-state index contributed by atoms with van der Waals surface area (Å²) in [5.74, 6) is -1.12. The third kappa shape index (κ3) is 3.46. The van der Waals surface area contributed by atoms with Crippen LogP contribution in [0.2, 0.25) is 0 Å². The number of ether oxygens (including phenoxy) is 1. The van der Waals surface area contributed by atoms with Crippen molar-refractivity contribution < 1.29 is 23.8 Å².